The van der Waals surface area contributed by atoms with Crippen LogP contribution in [0.4, 0.5) is 10.5 Å². The molecule has 2 heterocycles. The molecule has 2 aliphatic rings. The Labute approximate surface area is 150 Å². The highest BCUT2D eigenvalue weighted by Crippen LogP contribution is 2.15. The van der Waals surface area contributed by atoms with E-state index in [1.807, 2.05) is 30.1 Å². The lowest BCUT2D eigenvalue weighted by atomic mass is 10.1. The molecule has 1 aromatic rings. The Morgan fingerprint density at radius 3 is 2.68 bits per heavy atom. The third kappa shape index (κ3) is 5.34. The zero-order valence-corrected chi connectivity index (χ0v) is 15.2. The minimum absolute atomic E-state index is 0.0605. The van der Waals surface area contributed by atoms with Crippen LogP contribution in [0.3, 0.4) is 0 Å². The van der Waals surface area contributed by atoms with Crippen molar-refractivity contribution in [3.8, 4) is 0 Å². The highest BCUT2D eigenvalue weighted by molar-refractivity contribution is 5.74. The van der Waals surface area contributed by atoms with Crippen LogP contribution in [0.25, 0.3) is 0 Å². The average Bonchev–Trinajstić information content (AvgIpc) is 3.16. The first-order valence-electron chi connectivity index (χ1n) is 9.31. The van der Waals surface area contributed by atoms with Crippen molar-refractivity contribution in [3.05, 3.63) is 30.3 Å². The number of hydrogen-bond acceptors (Lipinski definition) is 4. The number of para-hydroxylation sites is 1. The Morgan fingerprint density at radius 1 is 1.24 bits per heavy atom. The van der Waals surface area contributed by atoms with Gasteiger partial charge in [-0.05, 0) is 24.5 Å². The van der Waals surface area contributed by atoms with Crippen LogP contribution in [0, 0.1) is 5.92 Å². The summed E-state index contributed by atoms with van der Waals surface area (Å²) in [6.45, 7) is 7.93. The first kappa shape index (κ1) is 18.0. The third-order valence-electron chi connectivity index (χ3n) is 5.12. The van der Waals surface area contributed by atoms with Crippen LogP contribution in [-0.2, 0) is 4.74 Å². The van der Waals surface area contributed by atoms with E-state index < -0.39 is 0 Å². The maximum atomic E-state index is 12.3. The van der Waals surface area contributed by atoms with Gasteiger partial charge in [-0.3, -0.25) is 4.90 Å². The fourth-order valence-corrected chi connectivity index (χ4v) is 3.48. The largest absolute Gasteiger partial charge is 0.381 e. The number of benzene rings is 1. The summed E-state index contributed by atoms with van der Waals surface area (Å²) in [7, 11) is 2.05. The van der Waals surface area contributed by atoms with Gasteiger partial charge < -0.3 is 19.9 Å². The van der Waals surface area contributed by atoms with Crippen LogP contribution in [0.15, 0.2) is 30.3 Å². The van der Waals surface area contributed by atoms with E-state index in [-0.39, 0.29) is 6.03 Å². The summed E-state index contributed by atoms with van der Waals surface area (Å²) in [4.78, 5) is 18.9. The minimum atomic E-state index is 0.0605. The van der Waals surface area contributed by atoms with E-state index in [1.54, 1.807) is 0 Å². The van der Waals surface area contributed by atoms with Gasteiger partial charge in [-0.15, -0.1) is 0 Å². The summed E-state index contributed by atoms with van der Waals surface area (Å²) in [5.74, 6) is 0.675. The molecular formula is C19H30N4O2. The number of nitrogens with zero attached hydrogens (tertiary/aromatic N) is 3. The van der Waals surface area contributed by atoms with E-state index in [4.69, 9.17) is 4.74 Å². The molecular weight excluding hydrogens is 316 g/mol. The quantitative estimate of drug-likeness (QED) is 0.848. The molecule has 25 heavy (non-hydrogen) atoms. The number of urea groups is 1. The van der Waals surface area contributed by atoms with Crippen molar-refractivity contribution in [2.75, 3.05) is 71.0 Å². The highest BCUT2D eigenvalue weighted by atomic mass is 16.5. The van der Waals surface area contributed by atoms with Gasteiger partial charge in [-0.2, -0.15) is 0 Å². The first-order valence-corrected chi connectivity index (χ1v) is 9.31. The molecule has 2 amide bonds. The number of amides is 2. The molecule has 1 atom stereocenters. The van der Waals surface area contributed by atoms with Crippen molar-refractivity contribution in [2.24, 2.45) is 5.92 Å². The molecule has 6 nitrogen and oxygen atoms in total. The van der Waals surface area contributed by atoms with Crippen LogP contribution in [0.2, 0.25) is 0 Å². The van der Waals surface area contributed by atoms with Crippen molar-refractivity contribution in [1.82, 2.24) is 15.1 Å². The zero-order chi connectivity index (χ0) is 17.5. The van der Waals surface area contributed by atoms with Crippen molar-refractivity contribution in [1.29, 1.82) is 0 Å². The topological polar surface area (TPSA) is 48.1 Å². The average molecular weight is 346 g/mol. The summed E-state index contributed by atoms with van der Waals surface area (Å²) in [6, 6.07) is 10.3. The number of nitrogens with one attached hydrogen (secondary N) is 1. The van der Waals surface area contributed by atoms with Gasteiger partial charge in [-0.25, -0.2) is 4.79 Å². The van der Waals surface area contributed by atoms with Crippen molar-refractivity contribution in [2.45, 2.75) is 6.42 Å². The predicted molar refractivity (Wildman–Crippen MR) is 100 cm³/mol. The maximum absolute atomic E-state index is 12.3. The SMILES string of the molecule is CN(CCNC(=O)N1CCN(C[C@@H]2CCOC2)CC1)c1ccccc1. The molecule has 2 fully saturated rings. The number of carbonyl (C=O) groups excluding carboxylic acids is 1. The third-order valence-corrected chi connectivity index (χ3v) is 5.12. The number of piperazine rings is 1. The van der Waals surface area contributed by atoms with Crippen LogP contribution < -0.4 is 10.2 Å². The minimum Gasteiger partial charge on any atom is -0.381 e. The molecule has 0 bridgehead atoms. The summed E-state index contributed by atoms with van der Waals surface area (Å²) in [5, 5.41) is 3.05. The normalized spacial score (nSPS) is 21.3. The molecule has 1 N–H and O–H groups in total. The van der Waals surface area contributed by atoms with Crippen molar-refractivity contribution in [3.63, 3.8) is 0 Å². The molecule has 0 aromatic heterocycles. The molecule has 138 valence electrons. The standard InChI is InChI=1S/C19H30N4O2/c1-21(18-5-3-2-4-6-18)9-8-20-19(24)23-12-10-22(11-13-23)15-17-7-14-25-16-17/h2-6,17H,7-16H2,1H3,(H,20,24)/t17-/m0/s1. The van der Waals surface area contributed by atoms with Crippen LogP contribution in [0.1, 0.15) is 6.42 Å². The van der Waals surface area contributed by atoms with Crippen LogP contribution in [-0.4, -0.2) is 81.9 Å². The first-order chi connectivity index (χ1) is 12.2. The lowest BCUT2D eigenvalue weighted by Gasteiger charge is -2.35. The molecule has 0 unspecified atom stereocenters. The Balaban J connectivity index is 1.32. The van der Waals surface area contributed by atoms with E-state index in [9.17, 15) is 4.79 Å². The van der Waals surface area contributed by atoms with E-state index >= 15 is 0 Å². The van der Waals surface area contributed by atoms with E-state index in [2.05, 4.69) is 27.2 Å². The second-order valence-corrected chi connectivity index (χ2v) is 7.01. The summed E-state index contributed by atoms with van der Waals surface area (Å²) < 4.78 is 5.45. The number of likely N-dealkylation sites (N-methyl/N-ethyl adjacent to an activating group) is 1. The van der Waals surface area contributed by atoms with Gasteiger partial charge in [0.05, 0.1) is 6.61 Å². The van der Waals surface area contributed by atoms with Crippen LogP contribution in [0.5, 0.6) is 0 Å². The van der Waals surface area contributed by atoms with Crippen molar-refractivity contribution >= 4 is 11.7 Å². The number of anilines is 1. The van der Waals surface area contributed by atoms with Gasteiger partial charge in [0.15, 0.2) is 0 Å². The molecule has 0 radical (unpaired) electrons. The molecule has 0 saturated carbocycles. The molecule has 2 saturated heterocycles. The fourth-order valence-electron chi connectivity index (χ4n) is 3.48. The maximum Gasteiger partial charge on any atom is 0.317 e. The smallest absolute Gasteiger partial charge is 0.317 e. The number of ether oxygens (including phenoxy) is 1. The molecule has 0 spiro atoms. The fraction of sp³-hybridized carbons (Fsp3) is 0.632. The lowest BCUT2D eigenvalue weighted by Crippen LogP contribution is -2.53. The summed E-state index contributed by atoms with van der Waals surface area (Å²) >= 11 is 0. The Morgan fingerprint density at radius 2 is 2.00 bits per heavy atom. The Kier molecular flexibility index (Phi) is 6.53. The van der Waals surface area contributed by atoms with Gasteiger partial charge in [0, 0.05) is 65.2 Å². The summed E-state index contributed by atoms with van der Waals surface area (Å²) in [6.07, 6.45) is 1.18. The van der Waals surface area contributed by atoms with E-state index in [0.29, 0.717) is 12.5 Å². The predicted octanol–water partition coefficient (Wildman–Crippen LogP) is 1.49. The Bertz CT molecular complexity index is 525. The van der Waals surface area contributed by atoms with Gasteiger partial charge in [-0.1, -0.05) is 18.2 Å². The molecule has 3 rings (SSSR count). The highest BCUT2D eigenvalue weighted by Gasteiger charge is 2.24. The number of rotatable bonds is 6. The van der Waals surface area contributed by atoms with Crippen LogP contribution >= 0.6 is 0 Å². The number of carbonyl (C=O) groups is 1. The molecule has 2 aliphatic heterocycles. The van der Waals surface area contributed by atoms with Gasteiger partial charge in [0.1, 0.15) is 0 Å². The second kappa shape index (κ2) is 9.06. The van der Waals surface area contributed by atoms with Gasteiger partial charge >= 0.3 is 6.03 Å². The Hall–Kier alpha value is -1.79. The van der Waals surface area contributed by atoms with E-state index in [1.165, 1.54) is 12.1 Å². The van der Waals surface area contributed by atoms with E-state index in [0.717, 1.165) is 52.5 Å². The summed E-state index contributed by atoms with van der Waals surface area (Å²) in [5.41, 5.74) is 1.17. The van der Waals surface area contributed by atoms with Gasteiger partial charge in [0.2, 0.25) is 0 Å². The zero-order valence-electron chi connectivity index (χ0n) is 15.2. The molecule has 0 aliphatic carbocycles. The van der Waals surface area contributed by atoms with Crippen molar-refractivity contribution < 1.29 is 9.53 Å². The lowest BCUT2D eigenvalue weighted by molar-refractivity contribution is 0.120. The number of hydrogen-bond donors (Lipinski definition) is 1. The molecule has 1 aromatic carbocycles. The monoisotopic (exact) mass is 346 g/mol. The van der Waals surface area contributed by atoms with Gasteiger partial charge in [0.25, 0.3) is 0 Å². The second-order valence-electron chi connectivity index (χ2n) is 7.01. The molecule has 6 heteroatoms.